The van der Waals surface area contributed by atoms with Crippen LogP contribution in [0.1, 0.15) is 50.4 Å². The van der Waals surface area contributed by atoms with Gasteiger partial charge in [-0.15, -0.1) is 0 Å². The van der Waals surface area contributed by atoms with Crippen LogP contribution in [0.5, 0.6) is 11.5 Å². The highest BCUT2D eigenvalue weighted by molar-refractivity contribution is 5.78. The van der Waals surface area contributed by atoms with Gasteiger partial charge in [0.1, 0.15) is 0 Å². The summed E-state index contributed by atoms with van der Waals surface area (Å²) >= 11 is 0. The standard InChI is InChI=1S/C23H30N4O3/c1-23(2)12-17(25-21(28)15-30-20-9-5-4-8-19(20)29-3)16-14-24-22(26-18(16)13-23)27-10-6-7-11-27/h4-5,8-9,14,17H,6-7,10-13,15H2,1-3H3,(H,25,28)/t17-/m1/s1. The molecular formula is C23H30N4O3. The molecule has 7 heteroatoms. The molecule has 0 unspecified atom stereocenters. The van der Waals surface area contributed by atoms with Crippen molar-refractivity contribution in [3.05, 3.63) is 41.7 Å². The molecule has 0 bridgehead atoms. The van der Waals surface area contributed by atoms with Crippen LogP contribution in [0.3, 0.4) is 0 Å². The first kappa shape index (κ1) is 20.4. The number of nitrogens with zero attached hydrogens (tertiary/aromatic N) is 3. The number of methoxy groups -OCH3 is 1. The Bertz CT molecular complexity index is 909. The highest BCUT2D eigenvalue weighted by Crippen LogP contribution is 2.40. The molecule has 1 fully saturated rings. The molecule has 1 aromatic carbocycles. The molecule has 1 amide bonds. The molecule has 2 aliphatic rings. The first-order valence-electron chi connectivity index (χ1n) is 10.6. The van der Waals surface area contributed by atoms with E-state index in [2.05, 4.69) is 29.0 Å². The predicted molar refractivity (Wildman–Crippen MR) is 115 cm³/mol. The van der Waals surface area contributed by atoms with Crippen LogP contribution >= 0.6 is 0 Å². The van der Waals surface area contributed by atoms with Crippen molar-refractivity contribution >= 4 is 11.9 Å². The molecule has 1 aliphatic heterocycles. The summed E-state index contributed by atoms with van der Waals surface area (Å²) in [5.41, 5.74) is 2.10. The van der Waals surface area contributed by atoms with Crippen LogP contribution in [0.25, 0.3) is 0 Å². The lowest BCUT2D eigenvalue weighted by Crippen LogP contribution is -2.39. The number of benzene rings is 1. The maximum atomic E-state index is 12.7. The van der Waals surface area contributed by atoms with Crippen LogP contribution in [0.4, 0.5) is 5.95 Å². The lowest BCUT2D eigenvalue weighted by atomic mass is 9.74. The molecule has 1 aromatic heterocycles. The third-order valence-electron chi connectivity index (χ3n) is 5.82. The van der Waals surface area contributed by atoms with Crippen molar-refractivity contribution in [1.82, 2.24) is 15.3 Å². The number of carbonyl (C=O) groups excluding carboxylic acids is 1. The van der Waals surface area contributed by atoms with E-state index in [-0.39, 0.29) is 24.0 Å². The Morgan fingerprint density at radius 1 is 1.23 bits per heavy atom. The summed E-state index contributed by atoms with van der Waals surface area (Å²) < 4.78 is 11.0. The van der Waals surface area contributed by atoms with Crippen LogP contribution in [-0.4, -0.2) is 42.7 Å². The van der Waals surface area contributed by atoms with E-state index >= 15 is 0 Å². The number of anilines is 1. The number of aromatic nitrogens is 2. The Morgan fingerprint density at radius 2 is 1.97 bits per heavy atom. The number of carbonyl (C=O) groups is 1. The van der Waals surface area contributed by atoms with Gasteiger partial charge in [-0.25, -0.2) is 9.97 Å². The van der Waals surface area contributed by atoms with Crippen molar-refractivity contribution in [2.75, 3.05) is 31.7 Å². The van der Waals surface area contributed by atoms with E-state index < -0.39 is 0 Å². The van der Waals surface area contributed by atoms with E-state index in [1.54, 1.807) is 13.2 Å². The largest absolute Gasteiger partial charge is 0.493 e. The van der Waals surface area contributed by atoms with Crippen LogP contribution in [0.15, 0.2) is 30.5 Å². The number of nitrogens with one attached hydrogen (secondary N) is 1. The summed E-state index contributed by atoms with van der Waals surface area (Å²) in [6, 6.07) is 7.19. The van der Waals surface area contributed by atoms with Gasteiger partial charge in [0.25, 0.3) is 5.91 Å². The molecule has 30 heavy (non-hydrogen) atoms. The fourth-order valence-electron chi connectivity index (χ4n) is 4.35. The first-order valence-corrected chi connectivity index (χ1v) is 10.6. The van der Waals surface area contributed by atoms with E-state index in [0.29, 0.717) is 11.5 Å². The summed E-state index contributed by atoms with van der Waals surface area (Å²) in [6.45, 7) is 6.40. The fourth-order valence-corrected chi connectivity index (χ4v) is 4.35. The quantitative estimate of drug-likeness (QED) is 0.788. The number of rotatable bonds is 6. The second-order valence-corrected chi connectivity index (χ2v) is 8.87. The van der Waals surface area contributed by atoms with Crippen LogP contribution < -0.4 is 19.7 Å². The zero-order chi connectivity index (χ0) is 21.1. The van der Waals surface area contributed by atoms with Crippen LogP contribution in [-0.2, 0) is 11.2 Å². The monoisotopic (exact) mass is 410 g/mol. The Morgan fingerprint density at radius 3 is 2.70 bits per heavy atom. The molecule has 0 radical (unpaired) electrons. The number of fused-ring (bicyclic) bond motifs is 1. The van der Waals surface area contributed by atoms with E-state index in [9.17, 15) is 4.79 Å². The third kappa shape index (κ3) is 4.50. The predicted octanol–water partition coefficient (Wildman–Crippen LogP) is 3.29. The smallest absolute Gasteiger partial charge is 0.258 e. The van der Waals surface area contributed by atoms with Crippen molar-refractivity contribution in [3.63, 3.8) is 0 Å². The normalized spacial score (nSPS) is 19.8. The van der Waals surface area contributed by atoms with Crippen molar-refractivity contribution in [3.8, 4) is 11.5 Å². The highest BCUT2D eigenvalue weighted by atomic mass is 16.5. The SMILES string of the molecule is COc1ccccc1OCC(=O)N[C@@H]1CC(C)(C)Cc2nc(N3CCCC3)ncc21. The van der Waals surface area contributed by atoms with Gasteiger partial charge in [0.05, 0.1) is 18.8 Å². The molecule has 0 spiro atoms. The van der Waals surface area contributed by atoms with Crippen molar-refractivity contribution < 1.29 is 14.3 Å². The summed E-state index contributed by atoms with van der Waals surface area (Å²) in [4.78, 5) is 24.4. The lowest BCUT2D eigenvalue weighted by Gasteiger charge is -2.36. The van der Waals surface area contributed by atoms with E-state index in [1.165, 1.54) is 12.8 Å². The topological polar surface area (TPSA) is 76.6 Å². The third-order valence-corrected chi connectivity index (χ3v) is 5.82. The van der Waals surface area contributed by atoms with Crippen LogP contribution in [0.2, 0.25) is 0 Å². The molecule has 2 aromatic rings. The Labute approximate surface area is 177 Å². The summed E-state index contributed by atoms with van der Waals surface area (Å²) in [5.74, 6) is 1.81. The Balaban J connectivity index is 1.46. The summed E-state index contributed by atoms with van der Waals surface area (Å²) in [5, 5.41) is 3.13. The van der Waals surface area contributed by atoms with Gasteiger partial charge < -0.3 is 19.7 Å². The second kappa shape index (κ2) is 8.50. The van der Waals surface area contributed by atoms with E-state index in [1.807, 2.05) is 24.4 Å². The number of hydrogen-bond donors (Lipinski definition) is 1. The molecule has 4 rings (SSSR count). The maximum absolute atomic E-state index is 12.7. The van der Waals surface area contributed by atoms with Gasteiger partial charge in [-0.3, -0.25) is 4.79 Å². The van der Waals surface area contributed by atoms with Gasteiger partial charge in [-0.1, -0.05) is 26.0 Å². The molecular weight excluding hydrogens is 380 g/mol. The zero-order valence-electron chi connectivity index (χ0n) is 18.0. The van der Waals surface area contributed by atoms with Crippen LogP contribution in [0, 0.1) is 5.41 Å². The van der Waals surface area contributed by atoms with Gasteiger partial charge in [0.15, 0.2) is 18.1 Å². The average molecular weight is 411 g/mol. The number of amides is 1. The average Bonchev–Trinajstić information content (AvgIpc) is 3.26. The molecule has 1 atom stereocenters. The van der Waals surface area contributed by atoms with E-state index in [4.69, 9.17) is 14.5 Å². The summed E-state index contributed by atoms with van der Waals surface area (Å²) in [6.07, 6.45) is 6.01. The fraction of sp³-hybridized carbons (Fsp3) is 0.522. The first-order chi connectivity index (χ1) is 14.4. The lowest BCUT2D eigenvalue weighted by molar-refractivity contribution is -0.124. The Kier molecular flexibility index (Phi) is 5.79. The van der Waals surface area contributed by atoms with Crippen molar-refractivity contribution in [2.45, 2.75) is 45.6 Å². The summed E-state index contributed by atoms with van der Waals surface area (Å²) in [7, 11) is 1.58. The zero-order valence-corrected chi connectivity index (χ0v) is 18.0. The maximum Gasteiger partial charge on any atom is 0.258 e. The van der Waals surface area contributed by atoms with Gasteiger partial charge in [-0.2, -0.15) is 0 Å². The van der Waals surface area contributed by atoms with Crippen molar-refractivity contribution in [2.24, 2.45) is 5.41 Å². The molecule has 1 N–H and O–H groups in total. The van der Waals surface area contributed by atoms with E-state index in [0.717, 1.165) is 43.1 Å². The molecule has 2 heterocycles. The van der Waals surface area contributed by atoms with Gasteiger partial charge in [0.2, 0.25) is 5.95 Å². The number of ether oxygens (including phenoxy) is 2. The molecule has 1 saturated heterocycles. The molecule has 1 aliphatic carbocycles. The second-order valence-electron chi connectivity index (χ2n) is 8.87. The molecule has 160 valence electrons. The number of para-hydroxylation sites is 2. The molecule has 0 saturated carbocycles. The number of hydrogen-bond acceptors (Lipinski definition) is 6. The van der Waals surface area contributed by atoms with Crippen molar-refractivity contribution in [1.29, 1.82) is 0 Å². The van der Waals surface area contributed by atoms with Gasteiger partial charge >= 0.3 is 0 Å². The minimum absolute atomic E-state index is 0.0467. The minimum atomic E-state index is -0.168. The van der Waals surface area contributed by atoms with Gasteiger partial charge in [0, 0.05) is 24.8 Å². The Hall–Kier alpha value is -2.83. The van der Waals surface area contributed by atoms with Gasteiger partial charge in [-0.05, 0) is 43.2 Å². The minimum Gasteiger partial charge on any atom is -0.493 e. The molecule has 7 nitrogen and oxygen atoms in total. The highest BCUT2D eigenvalue weighted by Gasteiger charge is 2.35.